The fraction of sp³-hybridized carbons (Fsp3) is 0.267. The maximum Gasteiger partial charge on any atom is 0.233 e. The van der Waals surface area contributed by atoms with E-state index >= 15 is 0 Å². The molecule has 100 valence electrons. The van der Waals surface area contributed by atoms with Gasteiger partial charge in [0.05, 0.1) is 23.9 Å². The van der Waals surface area contributed by atoms with Crippen LogP contribution < -0.4 is 5.73 Å². The highest BCUT2D eigenvalue weighted by molar-refractivity contribution is 6.09. The van der Waals surface area contributed by atoms with Gasteiger partial charge in [-0.1, -0.05) is 6.07 Å². The number of nitrogens with two attached hydrogens (primary N) is 1. The molecule has 2 aromatic rings. The number of nitrogen functional groups attached to an aromatic ring is 1. The van der Waals surface area contributed by atoms with Gasteiger partial charge in [0.1, 0.15) is 0 Å². The van der Waals surface area contributed by atoms with E-state index in [1.165, 1.54) is 4.90 Å². The van der Waals surface area contributed by atoms with Crippen LogP contribution in [0.2, 0.25) is 0 Å². The van der Waals surface area contributed by atoms with Crippen LogP contribution in [0.3, 0.4) is 0 Å². The van der Waals surface area contributed by atoms with Crippen LogP contribution >= 0.6 is 0 Å². The quantitative estimate of drug-likeness (QED) is 0.657. The third-order valence-corrected chi connectivity index (χ3v) is 4.17. The number of piperidine rings is 1. The number of pyridine rings is 1. The fourth-order valence-corrected chi connectivity index (χ4v) is 2.96. The summed E-state index contributed by atoms with van der Waals surface area (Å²) in [7, 11) is 0. The van der Waals surface area contributed by atoms with E-state index in [0.29, 0.717) is 12.2 Å². The lowest BCUT2D eigenvalue weighted by atomic mass is 10.1. The van der Waals surface area contributed by atoms with E-state index in [1.54, 1.807) is 12.3 Å². The molecule has 4 rings (SSSR count). The average molecular weight is 267 g/mol. The van der Waals surface area contributed by atoms with Gasteiger partial charge in [-0.05, 0) is 30.2 Å². The summed E-state index contributed by atoms with van der Waals surface area (Å²) < 4.78 is 0. The molecule has 0 bridgehead atoms. The lowest BCUT2D eigenvalue weighted by molar-refractivity contribution is -0.142. The van der Waals surface area contributed by atoms with Crippen molar-refractivity contribution in [3.63, 3.8) is 0 Å². The molecule has 1 aliphatic heterocycles. The second-order valence-electron chi connectivity index (χ2n) is 5.42. The fourth-order valence-electron chi connectivity index (χ4n) is 2.96. The van der Waals surface area contributed by atoms with Crippen molar-refractivity contribution in [2.45, 2.75) is 13.0 Å². The lowest BCUT2D eigenvalue weighted by Crippen LogP contribution is -2.32. The Kier molecular flexibility index (Phi) is 2.16. The van der Waals surface area contributed by atoms with Gasteiger partial charge in [0, 0.05) is 17.3 Å². The Morgan fingerprint density at radius 2 is 1.95 bits per heavy atom. The van der Waals surface area contributed by atoms with Crippen LogP contribution in [-0.4, -0.2) is 21.7 Å². The van der Waals surface area contributed by atoms with Crippen molar-refractivity contribution in [2.24, 2.45) is 11.8 Å². The Balaban J connectivity index is 1.75. The number of rotatable bonds is 2. The molecule has 1 aromatic carbocycles. The number of hydrogen-bond acceptors (Lipinski definition) is 4. The molecule has 1 aromatic heterocycles. The first kappa shape index (κ1) is 11.4. The minimum Gasteiger partial charge on any atom is -0.398 e. The molecule has 2 fully saturated rings. The van der Waals surface area contributed by atoms with Gasteiger partial charge in [0.2, 0.25) is 11.8 Å². The molecule has 1 saturated carbocycles. The predicted octanol–water partition coefficient (Wildman–Crippen LogP) is 1.32. The van der Waals surface area contributed by atoms with Crippen LogP contribution in [0.4, 0.5) is 5.69 Å². The van der Waals surface area contributed by atoms with E-state index < -0.39 is 0 Å². The van der Waals surface area contributed by atoms with Crippen molar-refractivity contribution in [3.05, 3.63) is 36.0 Å². The van der Waals surface area contributed by atoms with E-state index in [9.17, 15) is 9.59 Å². The van der Waals surface area contributed by atoms with Crippen molar-refractivity contribution in [2.75, 3.05) is 5.73 Å². The summed E-state index contributed by atoms with van der Waals surface area (Å²) in [5.41, 5.74) is 8.20. The molecule has 0 radical (unpaired) electrons. The SMILES string of the molecule is Nc1ccc(CN2C(=O)C3CC3C2=O)c2ncccc12. The van der Waals surface area contributed by atoms with Gasteiger partial charge in [-0.25, -0.2) is 0 Å². The smallest absolute Gasteiger partial charge is 0.233 e. The van der Waals surface area contributed by atoms with Gasteiger partial charge in [-0.3, -0.25) is 19.5 Å². The molecule has 2 unspecified atom stereocenters. The predicted molar refractivity (Wildman–Crippen MR) is 73.3 cm³/mol. The van der Waals surface area contributed by atoms with Crippen LogP contribution in [0.5, 0.6) is 0 Å². The number of imide groups is 1. The Bertz CT molecular complexity index is 736. The van der Waals surface area contributed by atoms with Crippen molar-refractivity contribution in [3.8, 4) is 0 Å². The molecule has 2 aliphatic rings. The molecule has 2 heterocycles. The summed E-state index contributed by atoms with van der Waals surface area (Å²) in [6.07, 6.45) is 2.42. The van der Waals surface area contributed by atoms with E-state index in [2.05, 4.69) is 4.98 Å². The first-order valence-corrected chi connectivity index (χ1v) is 6.64. The van der Waals surface area contributed by atoms with E-state index in [4.69, 9.17) is 5.73 Å². The Labute approximate surface area is 115 Å². The molecule has 1 saturated heterocycles. The normalized spacial score (nSPS) is 24.3. The van der Waals surface area contributed by atoms with E-state index in [1.807, 2.05) is 18.2 Å². The van der Waals surface area contributed by atoms with Crippen LogP contribution in [0.25, 0.3) is 10.9 Å². The number of likely N-dealkylation sites (tertiary alicyclic amines) is 1. The van der Waals surface area contributed by atoms with E-state index in [0.717, 1.165) is 22.9 Å². The zero-order valence-corrected chi connectivity index (χ0v) is 10.7. The van der Waals surface area contributed by atoms with Crippen LogP contribution in [0.1, 0.15) is 12.0 Å². The average Bonchev–Trinajstić information content (AvgIpc) is 3.22. The number of fused-ring (bicyclic) bond motifs is 2. The van der Waals surface area contributed by atoms with E-state index in [-0.39, 0.29) is 23.7 Å². The standard InChI is InChI=1S/C15H13N3O2/c16-12-4-3-8(13-9(12)2-1-5-17-13)7-18-14(19)10-6-11(10)15(18)20/h1-5,10-11H,6-7,16H2. The largest absolute Gasteiger partial charge is 0.398 e. The number of anilines is 1. The molecule has 2 N–H and O–H groups in total. The Hall–Kier alpha value is -2.43. The first-order valence-electron chi connectivity index (χ1n) is 6.64. The number of nitrogens with zero attached hydrogens (tertiary/aromatic N) is 2. The van der Waals surface area contributed by atoms with Gasteiger partial charge in [-0.15, -0.1) is 0 Å². The number of amides is 2. The summed E-state index contributed by atoms with van der Waals surface area (Å²) in [6, 6.07) is 7.36. The number of carbonyl (C=O) groups excluding carboxylic acids is 2. The van der Waals surface area contributed by atoms with Crippen LogP contribution in [-0.2, 0) is 16.1 Å². The molecule has 2 amide bonds. The van der Waals surface area contributed by atoms with Crippen LogP contribution in [0.15, 0.2) is 30.5 Å². The Morgan fingerprint density at radius 1 is 1.20 bits per heavy atom. The third-order valence-electron chi connectivity index (χ3n) is 4.17. The number of aromatic nitrogens is 1. The third kappa shape index (κ3) is 1.46. The Morgan fingerprint density at radius 3 is 2.70 bits per heavy atom. The van der Waals surface area contributed by atoms with Gasteiger partial charge in [-0.2, -0.15) is 0 Å². The number of hydrogen-bond donors (Lipinski definition) is 1. The summed E-state index contributed by atoms with van der Waals surface area (Å²) in [4.78, 5) is 29.7. The van der Waals surface area contributed by atoms with Crippen LogP contribution in [0, 0.1) is 11.8 Å². The molecular weight excluding hydrogens is 254 g/mol. The molecule has 2 atom stereocenters. The highest BCUT2D eigenvalue weighted by Gasteiger charge is 2.58. The number of benzene rings is 1. The van der Waals surface area contributed by atoms with Gasteiger partial charge in [0.15, 0.2) is 0 Å². The van der Waals surface area contributed by atoms with Gasteiger partial charge in [0.25, 0.3) is 0 Å². The van der Waals surface area contributed by atoms with Crippen molar-refractivity contribution in [1.29, 1.82) is 0 Å². The zero-order chi connectivity index (χ0) is 13.9. The number of carbonyl (C=O) groups is 2. The second kappa shape index (κ2) is 3.79. The summed E-state index contributed by atoms with van der Waals surface area (Å²) >= 11 is 0. The molecule has 5 nitrogen and oxygen atoms in total. The minimum absolute atomic E-state index is 0.0408. The minimum atomic E-state index is -0.0597. The molecule has 20 heavy (non-hydrogen) atoms. The van der Waals surface area contributed by atoms with Gasteiger partial charge < -0.3 is 5.73 Å². The summed E-state index contributed by atoms with van der Waals surface area (Å²) in [5.74, 6) is -0.201. The van der Waals surface area contributed by atoms with Crippen molar-refractivity contribution in [1.82, 2.24) is 9.88 Å². The van der Waals surface area contributed by atoms with Gasteiger partial charge >= 0.3 is 0 Å². The molecule has 1 aliphatic carbocycles. The molecular formula is C15H13N3O2. The first-order chi connectivity index (χ1) is 9.66. The second-order valence-corrected chi connectivity index (χ2v) is 5.42. The lowest BCUT2D eigenvalue weighted by Gasteiger charge is -2.17. The van der Waals surface area contributed by atoms with Crippen molar-refractivity contribution >= 4 is 28.4 Å². The topological polar surface area (TPSA) is 76.3 Å². The highest BCUT2D eigenvalue weighted by atomic mass is 16.2. The monoisotopic (exact) mass is 267 g/mol. The highest BCUT2D eigenvalue weighted by Crippen LogP contribution is 2.47. The maximum absolute atomic E-state index is 12.0. The summed E-state index contributed by atoms with van der Waals surface area (Å²) in [5, 5.41) is 0.856. The van der Waals surface area contributed by atoms with Crippen molar-refractivity contribution < 1.29 is 9.59 Å². The zero-order valence-electron chi connectivity index (χ0n) is 10.7. The maximum atomic E-state index is 12.0. The molecule has 5 heteroatoms. The summed E-state index contributed by atoms with van der Waals surface area (Å²) in [6.45, 7) is 0.290. The molecule has 0 spiro atoms.